The fourth-order valence-corrected chi connectivity index (χ4v) is 3.74. The van der Waals surface area contributed by atoms with Crippen LogP contribution in [-0.4, -0.2) is 46.8 Å². The van der Waals surface area contributed by atoms with Crippen LogP contribution >= 0.6 is 0 Å². The minimum atomic E-state index is -0.583. The topological polar surface area (TPSA) is 107 Å². The number of carbonyl (C=O) groups excluding carboxylic acids is 2. The van der Waals surface area contributed by atoms with Gasteiger partial charge in [-0.15, -0.1) is 0 Å². The Hall–Kier alpha value is -4.14. The highest BCUT2D eigenvalue weighted by Gasteiger charge is 2.32. The maximum absolute atomic E-state index is 12.9. The van der Waals surface area contributed by atoms with E-state index >= 15 is 0 Å². The van der Waals surface area contributed by atoms with Crippen molar-refractivity contribution in [1.29, 1.82) is 0 Å². The number of piperidine rings is 1. The van der Waals surface area contributed by atoms with Crippen LogP contribution in [0, 0.1) is 0 Å². The Morgan fingerprint density at radius 2 is 2.03 bits per heavy atom. The lowest BCUT2D eigenvalue weighted by atomic mass is 10.0. The lowest BCUT2D eigenvalue weighted by molar-refractivity contribution is -0.138. The lowest BCUT2D eigenvalue weighted by Crippen LogP contribution is -2.41. The molecule has 9 heteroatoms. The van der Waals surface area contributed by atoms with E-state index in [1.165, 1.54) is 6.08 Å². The van der Waals surface area contributed by atoms with Crippen LogP contribution in [0.5, 0.6) is 5.75 Å². The van der Waals surface area contributed by atoms with Gasteiger partial charge >= 0.3 is 6.09 Å². The molecule has 1 saturated heterocycles. The molecule has 1 atom stereocenters. The zero-order valence-electron chi connectivity index (χ0n) is 18.7. The van der Waals surface area contributed by atoms with E-state index in [4.69, 9.17) is 14.0 Å². The third-order valence-electron chi connectivity index (χ3n) is 5.35. The molecule has 0 radical (unpaired) electrons. The van der Waals surface area contributed by atoms with Gasteiger partial charge < -0.3 is 18.9 Å². The molecule has 1 fully saturated rings. The van der Waals surface area contributed by atoms with Crippen molar-refractivity contribution in [2.45, 2.75) is 25.3 Å². The number of aromatic nitrogens is 2. The SMILES string of the molecule is C=CCOC(=O)Nc1cccc(-c2noc(C3CCCCN3C(=O)COc3ccccc3)n2)c1. The first-order valence-electron chi connectivity index (χ1n) is 11.1. The van der Waals surface area contributed by atoms with Gasteiger partial charge in [0.05, 0.1) is 0 Å². The highest BCUT2D eigenvalue weighted by molar-refractivity contribution is 5.85. The molecular weight excluding hydrogens is 436 g/mol. The summed E-state index contributed by atoms with van der Waals surface area (Å²) in [7, 11) is 0. The summed E-state index contributed by atoms with van der Waals surface area (Å²) in [5.41, 5.74) is 1.20. The van der Waals surface area contributed by atoms with Crippen LogP contribution in [0.1, 0.15) is 31.2 Å². The van der Waals surface area contributed by atoms with Gasteiger partial charge in [-0.05, 0) is 43.5 Å². The lowest BCUT2D eigenvalue weighted by Gasteiger charge is -2.33. The molecule has 9 nitrogen and oxygen atoms in total. The van der Waals surface area contributed by atoms with Crippen molar-refractivity contribution in [3.8, 4) is 17.1 Å². The number of anilines is 1. The second-order valence-electron chi connectivity index (χ2n) is 7.75. The first-order chi connectivity index (χ1) is 16.6. The molecule has 0 spiro atoms. The first-order valence-corrected chi connectivity index (χ1v) is 11.1. The number of hydrogen-bond acceptors (Lipinski definition) is 7. The van der Waals surface area contributed by atoms with Crippen molar-refractivity contribution in [1.82, 2.24) is 15.0 Å². The van der Waals surface area contributed by atoms with Crippen molar-refractivity contribution in [3.05, 3.63) is 73.1 Å². The van der Waals surface area contributed by atoms with Crippen LogP contribution in [0.2, 0.25) is 0 Å². The van der Waals surface area contributed by atoms with E-state index in [0.717, 1.165) is 19.3 Å². The highest BCUT2D eigenvalue weighted by atomic mass is 16.5. The molecular formula is C25H26N4O5. The Labute approximate surface area is 197 Å². The molecule has 176 valence electrons. The highest BCUT2D eigenvalue weighted by Crippen LogP contribution is 2.31. The fourth-order valence-electron chi connectivity index (χ4n) is 3.74. The standard InChI is InChI=1S/C25H26N4O5/c1-2-15-32-25(31)26-19-10-8-9-18(16-19)23-27-24(34-28-23)21-13-6-7-14-29(21)22(30)17-33-20-11-4-3-5-12-20/h2-5,8-12,16,21H,1,6-7,13-15,17H2,(H,26,31). The Balaban J connectivity index is 1.44. The third-order valence-corrected chi connectivity index (χ3v) is 5.35. The van der Waals surface area contributed by atoms with Crippen molar-refractivity contribution in [2.75, 3.05) is 25.1 Å². The minimum absolute atomic E-state index is 0.0584. The second kappa shape index (κ2) is 11.1. The van der Waals surface area contributed by atoms with Crippen LogP contribution in [0.3, 0.4) is 0 Å². The van der Waals surface area contributed by atoms with E-state index in [1.807, 2.05) is 36.4 Å². The molecule has 0 aliphatic carbocycles. The van der Waals surface area contributed by atoms with Gasteiger partial charge in [-0.2, -0.15) is 4.98 Å². The van der Waals surface area contributed by atoms with Crippen molar-refractivity contribution in [2.24, 2.45) is 0 Å². The Morgan fingerprint density at radius 3 is 2.85 bits per heavy atom. The van der Waals surface area contributed by atoms with E-state index < -0.39 is 6.09 Å². The van der Waals surface area contributed by atoms with Gasteiger partial charge in [-0.1, -0.05) is 48.1 Å². The van der Waals surface area contributed by atoms with Gasteiger partial charge in [0.25, 0.3) is 5.91 Å². The molecule has 0 bridgehead atoms. The van der Waals surface area contributed by atoms with E-state index in [9.17, 15) is 9.59 Å². The summed E-state index contributed by atoms with van der Waals surface area (Å²) < 4.78 is 16.1. The number of hydrogen-bond donors (Lipinski definition) is 1. The predicted molar refractivity (Wildman–Crippen MR) is 125 cm³/mol. The van der Waals surface area contributed by atoms with Crippen LogP contribution in [0.25, 0.3) is 11.4 Å². The van der Waals surface area contributed by atoms with Crippen molar-refractivity contribution < 1.29 is 23.6 Å². The molecule has 1 aromatic heterocycles. The molecule has 3 aromatic rings. The number of rotatable bonds is 8. The Kier molecular flexibility index (Phi) is 7.54. The molecule has 1 N–H and O–H groups in total. The van der Waals surface area contributed by atoms with Crippen molar-refractivity contribution in [3.63, 3.8) is 0 Å². The van der Waals surface area contributed by atoms with Crippen LogP contribution in [0.15, 0.2) is 71.8 Å². The number of likely N-dealkylation sites (tertiary alicyclic amines) is 1. The van der Waals surface area contributed by atoms with Crippen LogP contribution < -0.4 is 10.1 Å². The molecule has 34 heavy (non-hydrogen) atoms. The summed E-state index contributed by atoms with van der Waals surface area (Å²) in [5, 5.41) is 6.75. The number of nitrogens with zero attached hydrogens (tertiary/aromatic N) is 3. The monoisotopic (exact) mass is 462 g/mol. The average molecular weight is 463 g/mol. The smallest absolute Gasteiger partial charge is 0.411 e. The van der Waals surface area contributed by atoms with E-state index in [1.54, 1.807) is 23.1 Å². The summed E-state index contributed by atoms with van der Waals surface area (Å²) in [4.78, 5) is 31.0. The number of nitrogens with one attached hydrogen (secondary N) is 1. The summed E-state index contributed by atoms with van der Waals surface area (Å²) >= 11 is 0. The average Bonchev–Trinajstić information content (AvgIpc) is 3.37. The maximum Gasteiger partial charge on any atom is 0.411 e. The summed E-state index contributed by atoms with van der Waals surface area (Å²) in [6, 6.07) is 16.0. The van der Waals surface area contributed by atoms with Gasteiger partial charge in [0.1, 0.15) is 18.4 Å². The van der Waals surface area contributed by atoms with Gasteiger partial charge in [0.15, 0.2) is 6.61 Å². The number of para-hydroxylation sites is 1. The minimum Gasteiger partial charge on any atom is -0.484 e. The molecule has 0 saturated carbocycles. The van der Waals surface area contributed by atoms with Gasteiger partial charge in [-0.25, -0.2) is 4.79 Å². The number of amides is 2. The fraction of sp³-hybridized carbons (Fsp3) is 0.280. The van der Waals surface area contributed by atoms with E-state index in [-0.39, 0.29) is 25.2 Å². The molecule has 4 rings (SSSR count). The predicted octanol–water partition coefficient (Wildman–Crippen LogP) is 4.60. The molecule has 1 aliphatic rings. The van der Waals surface area contributed by atoms with Gasteiger partial charge in [0.2, 0.25) is 11.7 Å². The molecule has 2 aromatic carbocycles. The zero-order valence-corrected chi connectivity index (χ0v) is 18.7. The summed E-state index contributed by atoms with van der Waals surface area (Å²) in [6.45, 7) is 4.17. The number of ether oxygens (including phenoxy) is 2. The normalized spacial score (nSPS) is 15.4. The molecule has 1 aliphatic heterocycles. The summed E-state index contributed by atoms with van der Waals surface area (Å²) in [6.07, 6.45) is 3.50. The number of carbonyl (C=O) groups is 2. The van der Waals surface area contributed by atoms with Gasteiger partial charge in [-0.3, -0.25) is 10.1 Å². The maximum atomic E-state index is 12.9. The first kappa shape index (κ1) is 23.0. The quantitative estimate of drug-likeness (QED) is 0.487. The Morgan fingerprint density at radius 1 is 1.18 bits per heavy atom. The Bertz CT molecular complexity index is 1130. The third kappa shape index (κ3) is 5.80. The molecule has 2 heterocycles. The van der Waals surface area contributed by atoms with Crippen LogP contribution in [-0.2, 0) is 9.53 Å². The number of benzene rings is 2. The zero-order chi connectivity index (χ0) is 23.8. The second-order valence-corrected chi connectivity index (χ2v) is 7.75. The molecule has 2 amide bonds. The summed E-state index contributed by atoms with van der Waals surface area (Å²) in [5.74, 6) is 1.27. The van der Waals surface area contributed by atoms with E-state index in [0.29, 0.717) is 35.3 Å². The molecule has 1 unspecified atom stereocenters. The van der Waals surface area contributed by atoms with E-state index in [2.05, 4.69) is 22.0 Å². The van der Waals surface area contributed by atoms with Gasteiger partial charge in [0, 0.05) is 17.8 Å². The largest absolute Gasteiger partial charge is 0.484 e. The van der Waals surface area contributed by atoms with Crippen molar-refractivity contribution >= 4 is 17.7 Å². The van der Waals surface area contributed by atoms with Crippen LogP contribution in [0.4, 0.5) is 10.5 Å².